The van der Waals surface area contributed by atoms with Gasteiger partial charge in [0.1, 0.15) is 5.82 Å². The van der Waals surface area contributed by atoms with Gasteiger partial charge in [0.05, 0.1) is 18.1 Å². The maximum Gasteiger partial charge on any atom is 0.416 e. The van der Waals surface area contributed by atoms with Crippen LogP contribution in [0, 0.1) is 5.82 Å². The summed E-state index contributed by atoms with van der Waals surface area (Å²) in [5.41, 5.74) is 0.180. The average molecular weight is 352 g/mol. The maximum atomic E-state index is 14.0. The van der Waals surface area contributed by atoms with Crippen LogP contribution >= 0.6 is 0 Å². The highest BCUT2D eigenvalue weighted by Crippen LogP contribution is 2.32. The van der Waals surface area contributed by atoms with E-state index in [0.29, 0.717) is 11.1 Å². The molecular weight excluding hydrogens is 340 g/mol. The average Bonchev–Trinajstić information content (AvgIpc) is 3.07. The van der Waals surface area contributed by atoms with E-state index in [1.54, 1.807) is 0 Å². The fraction of sp³-hybridized carbons (Fsp3) is 0.176. The van der Waals surface area contributed by atoms with Gasteiger partial charge >= 0.3 is 6.18 Å². The first-order valence-electron chi connectivity index (χ1n) is 7.25. The van der Waals surface area contributed by atoms with Crippen molar-refractivity contribution < 1.29 is 27.1 Å². The Morgan fingerprint density at radius 1 is 1.04 bits per heavy atom. The molecule has 0 amide bonds. The topological polar surface area (TPSA) is 59.2 Å². The quantitative estimate of drug-likeness (QED) is 0.716. The monoisotopic (exact) mass is 352 g/mol. The Morgan fingerprint density at radius 3 is 2.32 bits per heavy atom. The van der Waals surface area contributed by atoms with E-state index < -0.39 is 23.7 Å². The molecule has 0 saturated carbocycles. The van der Waals surface area contributed by atoms with Crippen molar-refractivity contribution in [3.63, 3.8) is 0 Å². The minimum Gasteiger partial charge on any atom is -0.428 e. The number of benzene rings is 2. The van der Waals surface area contributed by atoms with Crippen LogP contribution in [0.5, 0.6) is 0 Å². The molecule has 0 saturated heterocycles. The lowest BCUT2D eigenvalue weighted by Crippen LogP contribution is -2.05. The summed E-state index contributed by atoms with van der Waals surface area (Å²) < 4.78 is 56.8. The minimum absolute atomic E-state index is 0.00408. The molecule has 0 aliphatic carbocycles. The maximum absolute atomic E-state index is 14.0. The summed E-state index contributed by atoms with van der Waals surface area (Å²) in [4.78, 5) is 0. The van der Waals surface area contributed by atoms with Gasteiger partial charge in [-0.05, 0) is 35.4 Å². The summed E-state index contributed by atoms with van der Waals surface area (Å²) in [6, 6.07) is 8.47. The molecule has 8 heteroatoms. The van der Waals surface area contributed by atoms with E-state index in [4.69, 9.17) is 4.42 Å². The number of nitrogens with zero attached hydrogens (tertiary/aromatic N) is 2. The highest BCUT2D eigenvalue weighted by molar-refractivity contribution is 5.64. The van der Waals surface area contributed by atoms with Crippen molar-refractivity contribution in [2.24, 2.45) is 0 Å². The van der Waals surface area contributed by atoms with Crippen LogP contribution in [0.25, 0.3) is 11.1 Å². The predicted octanol–water partition coefficient (Wildman–Crippen LogP) is 4.17. The van der Waals surface area contributed by atoms with Crippen LogP contribution in [-0.4, -0.2) is 15.3 Å². The van der Waals surface area contributed by atoms with Gasteiger partial charge in [0.15, 0.2) is 0 Å². The molecule has 0 aliphatic rings. The third-order valence-corrected chi connectivity index (χ3v) is 3.67. The molecule has 1 N–H and O–H groups in total. The molecular formula is C17H12F4N2O2. The third-order valence-electron chi connectivity index (χ3n) is 3.67. The molecule has 4 nitrogen and oxygen atoms in total. The molecule has 0 aliphatic heterocycles. The summed E-state index contributed by atoms with van der Waals surface area (Å²) in [6.45, 7) is 0. The van der Waals surface area contributed by atoms with Crippen LogP contribution < -0.4 is 0 Å². The summed E-state index contributed by atoms with van der Waals surface area (Å²) in [6.07, 6.45) is -4.63. The van der Waals surface area contributed by atoms with E-state index in [-0.39, 0.29) is 17.9 Å². The second kappa shape index (κ2) is 6.64. The van der Waals surface area contributed by atoms with Gasteiger partial charge in [-0.2, -0.15) is 13.2 Å². The van der Waals surface area contributed by atoms with Crippen LogP contribution in [0.1, 0.15) is 23.1 Å². The van der Waals surface area contributed by atoms with Crippen molar-refractivity contribution in [3.05, 3.63) is 71.7 Å². The number of alkyl halides is 3. The molecule has 1 atom stereocenters. The van der Waals surface area contributed by atoms with E-state index in [1.807, 2.05) is 0 Å². The van der Waals surface area contributed by atoms with Crippen LogP contribution in [0.15, 0.2) is 53.3 Å². The zero-order valence-corrected chi connectivity index (χ0v) is 12.7. The number of halogens is 4. The highest BCUT2D eigenvalue weighted by Gasteiger charge is 2.30. The molecule has 3 rings (SSSR count). The molecule has 1 heterocycles. The van der Waals surface area contributed by atoms with Gasteiger partial charge in [0.2, 0.25) is 12.3 Å². The zero-order valence-electron chi connectivity index (χ0n) is 12.7. The SMILES string of the molecule is OC(Cc1nnco1)c1cc(-c2ccc(C(F)(F)F)cc2)ccc1F. The number of aromatic nitrogens is 2. The van der Waals surface area contributed by atoms with E-state index in [2.05, 4.69) is 10.2 Å². The van der Waals surface area contributed by atoms with Crippen LogP contribution in [-0.2, 0) is 12.6 Å². The van der Waals surface area contributed by atoms with E-state index >= 15 is 0 Å². The number of hydrogen-bond donors (Lipinski definition) is 1. The van der Waals surface area contributed by atoms with Gasteiger partial charge in [0, 0.05) is 5.56 Å². The molecule has 2 aromatic carbocycles. The van der Waals surface area contributed by atoms with Crippen LogP contribution in [0.2, 0.25) is 0 Å². The summed E-state index contributed by atoms with van der Waals surface area (Å²) in [5.74, 6) is -0.491. The predicted molar refractivity (Wildman–Crippen MR) is 79.8 cm³/mol. The number of aliphatic hydroxyl groups is 1. The standard InChI is InChI=1S/C17H12F4N2O2/c18-14-6-3-11(10-1-4-12(5-2-10)17(19,20)21)7-13(14)15(24)8-16-23-22-9-25-16/h1-7,9,15,24H,8H2. The number of rotatable bonds is 4. The Balaban J connectivity index is 1.88. The molecule has 0 bridgehead atoms. The number of hydrogen-bond acceptors (Lipinski definition) is 4. The van der Waals surface area contributed by atoms with Crippen LogP contribution in [0.3, 0.4) is 0 Å². The van der Waals surface area contributed by atoms with Gasteiger partial charge in [0.25, 0.3) is 0 Å². The summed E-state index contributed by atoms with van der Waals surface area (Å²) in [7, 11) is 0. The molecule has 0 radical (unpaired) electrons. The van der Waals surface area contributed by atoms with Crippen molar-refractivity contribution in [1.82, 2.24) is 10.2 Å². The molecule has 1 aromatic heterocycles. The highest BCUT2D eigenvalue weighted by atomic mass is 19.4. The van der Waals surface area contributed by atoms with Gasteiger partial charge in [-0.25, -0.2) is 4.39 Å². The summed E-state index contributed by atoms with van der Waals surface area (Å²) >= 11 is 0. The molecule has 0 spiro atoms. The Labute approximate surface area is 139 Å². The van der Waals surface area contributed by atoms with Crippen molar-refractivity contribution in [2.75, 3.05) is 0 Å². The van der Waals surface area contributed by atoms with Crippen molar-refractivity contribution >= 4 is 0 Å². The van der Waals surface area contributed by atoms with Gasteiger partial charge < -0.3 is 9.52 Å². The van der Waals surface area contributed by atoms with Crippen molar-refractivity contribution in [2.45, 2.75) is 18.7 Å². The first-order chi connectivity index (χ1) is 11.8. The normalized spacial score (nSPS) is 13.0. The molecule has 25 heavy (non-hydrogen) atoms. The fourth-order valence-electron chi connectivity index (χ4n) is 2.39. The molecule has 0 fully saturated rings. The van der Waals surface area contributed by atoms with Crippen molar-refractivity contribution in [1.29, 1.82) is 0 Å². The number of aliphatic hydroxyl groups excluding tert-OH is 1. The molecule has 130 valence electrons. The first kappa shape index (κ1) is 17.1. The Morgan fingerprint density at radius 2 is 1.72 bits per heavy atom. The summed E-state index contributed by atoms with van der Waals surface area (Å²) in [5, 5.41) is 17.3. The van der Waals surface area contributed by atoms with E-state index in [1.165, 1.54) is 24.3 Å². The Kier molecular flexibility index (Phi) is 4.54. The van der Waals surface area contributed by atoms with E-state index in [9.17, 15) is 22.7 Å². The van der Waals surface area contributed by atoms with Crippen molar-refractivity contribution in [3.8, 4) is 11.1 Å². The lowest BCUT2D eigenvalue weighted by Gasteiger charge is -2.13. The molecule has 3 aromatic rings. The first-order valence-corrected chi connectivity index (χ1v) is 7.25. The Hall–Kier alpha value is -2.74. The molecule has 1 unspecified atom stereocenters. The zero-order chi connectivity index (χ0) is 18.0. The lowest BCUT2D eigenvalue weighted by atomic mass is 9.98. The fourth-order valence-corrected chi connectivity index (χ4v) is 2.39. The Bertz CT molecular complexity index is 846. The second-order valence-corrected chi connectivity index (χ2v) is 5.36. The minimum atomic E-state index is -4.42. The van der Waals surface area contributed by atoms with Gasteiger partial charge in [-0.3, -0.25) is 0 Å². The van der Waals surface area contributed by atoms with Gasteiger partial charge in [-0.15, -0.1) is 10.2 Å². The van der Waals surface area contributed by atoms with Crippen LogP contribution in [0.4, 0.5) is 17.6 Å². The lowest BCUT2D eigenvalue weighted by molar-refractivity contribution is -0.137. The third kappa shape index (κ3) is 3.85. The second-order valence-electron chi connectivity index (χ2n) is 5.36. The smallest absolute Gasteiger partial charge is 0.416 e. The van der Waals surface area contributed by atoms with Gasteiger partial charge in [-0.1, -0.05) is 18.2 Å². The van der Waals surface area contributed by atoms with E-state index in [0.717, 1.165) is 24.6 Å². The largest absolute Gasteiger partial charge is 0.428 e.